The Morgan fingerprint density at radius 2 is 1.62 bits per heavy atom. The minimum absolute atomic E-state index is 0.131. The maximum Gasteiger partial charge on any atom is 0.135 e. The average Bonchev–Trinajstić information content (AvgIpc) is 2.47. The van der Waals surface area contributed by atoms with Gasteiger partial charge in [-0.15, -0.1) is 0 Å². The molecule has 0 radical (unpaired) electrons. The second-order valence-corrected chi connectivity index (χ2v) is 6.35. The maximum atomic E-state index is 12.3. The maximum absolute atomic E-state index is 12.3. The van der Waals surface area contributed by atoms with Crippen LogP contribution in [0.25, 0.3) is 0 Å². The van der Waals surface area contributed by atoms with Crippen molar-refractivity contribution in [3.8, 4) is 0 Å². The predicted octanol–water partition coefficient (Wildman–Crippen LogP) is 5.40. The molecule has 1 unspecified atom stereocenters. The second-order valence-electron chi connectivity index (χ2n) is 6.35. The van der Waals surface area contributed by atoms with Crippen LogP contribution >= 0.6 is 0 Å². The summed E-state index contributed by atoms with van der Waals surface area (Å²) < 4.78 is 0. The molecule has 0 aromatic rings. The highest BCUT2D eigenvalue weighted by molar-refractivity contribution is 5.82. The lowest BCUT2D eigenvalue weighted by atomic mass is 9.89. The normalized spacial score (nSPS) is 24.1. The first-order chi connectivity index (χ1) is 10.2. The predicted molar refractivity (Wildman–Crippen MR) is 88.3 cm³/mol. The van der Waals surface area contributed by atoms with Crippen molar-refractivity contribution in [1.29, 1.82) is 0 Å². The number of carbonyl (C=O) groups excluding carboxylic acids is 2. The van der Waals surface area contributed by atoms with Gasteiger partial charge in [0.15, 0.2) is 0 Å². The van der Waals surface area contributed by atoms with Gasteiger partial charge in [0, 0.05) is 25.2 Å². The van der Waals surface area contributed by atoms with Crippen LogP contribution in [0.2, 0.25) is 0 Å². The molecule has 0 aromatic carbocycles. The lowest BCUT2D eigenvalue weighted by molar-refractivity contribution is -0.124. The van der Waals surface area contributed by atoms with Crippen molar-refractivity contribution in [2.75, 3.05) is 0 Å². The molecule has 2 nitrogen and oxygen atoms in total. The van der Waals surface area contributed by atoms with Gasteiger partial charge in [0.25, 0.3) is 0 Å². The molecule has 0 N–H and O–H groups in total. The third-order valence-corrected chi connectivity index (χ3v) is 4.40. The van der Waals surface area contributed by atoms with Crippen LogP contribution in [-0.4, -0.2) is 11.6 Å². The molecule has 120 valence electrons. The van der Waals surface area contributed by atoms with E-state index in [1.54, 1.807) is 0 Å². The summed E-state index contributed by atoms with van der Waals surface area (Å²) in [6, 6.07) is 0. The van der Waals surface area contributed by atoms with Gasteiger partial charge in [-0.25, -0.2) is 0 Å². The SMILES string of the molecule is CCCC1CCC(=O)CCCC=CCCCCCCC1=O. The van der Waals surface area contributed by atoms with Crippen molar-refractivity contribution in [1.82, 2.24) is 0 Å². The quantitative estimate of drug-likeness (QED) is 0.638. The molecule has 0 amide bonds. The lowest BCUT2D eigenvalue weighted by Gasteiger charge is -2.14. The van der Waals surface area contributed by atoms with Crippen LogP contribution in [0.3, 0.4) is 0 Å². The highest BCUT2D eigenvalue weighted by Crippen LogP contribution is 2.20. The zero-order valence-electron chi connectivity index (χ0n) is 13.7. The van der Waals surface area contributed by atoms with E-state index in [1.807, 2.05) is 0 Å². The Labute approximate surface area is 130 Å². The molecule has 1 atom stereocenters. The van der Waals surface area contributed by atoms with Crippen molar-refractivity contribution < 1.29 is 9.59 Å². The number of hydrogen-bond acceptors (Lipinski definition) is 2. The smallest absolute Gasteiger partial charge is 0.135 e. The van der Waals surface area contributed by atoms with E-state index in [1.165, 1.54) is 12.8 Å². The first-order valence-electron chi connectivity index (χ1n) is 8.93. The van der Waals surface area contributed by atoms with Crippen molar-refractivity contribution in [3.63, 3.8) is 0 Å². The molecule has 0 saturated heterocycles. The molecule has 0 bridgehead atoms. The molecule has 0 saturated carbocycles. The third-order valence-electron chi connectivity index (χ3n) is 4.40. The van der Waals surface area contributed by atoms with E-state index < -0.39 is 0 Å². The van der Waals surface area contributed by atoms with E-state index in [-0.39, 0.29) is 5.92 Å². The number of carbonyl (C=O) groups is 2. The fourth-order valence-corrected chi connectivity index (χ4v) is 3.05. The Balaban J connectivity index is 2.49. The monoisotopic (exact) mass is 292 g/mol. The first-order valence-corrected chi connectivity index (χ1v) is 8.93. The van der Waals surface area contributed by atoms with E-state index in [9.17, 15) is 9.59 Å². The van der Waals surface area contributed by atoms with Gasteiger partial charge in [0.05, 0.1) is 0 Å². The second kappa shape index (κ2) is 11.7. The van der Waals surface area contributed by atoms with Crippen LogP contribution < -0.4 is 0 Å². The Kier molecular flexibility index (Phi) is 10.1. The summed E-state index contributed by atoms with van der Waals surface area (Å²) >= 11 is 0. The van der Waals surface area contributed by atoms with Gasteiger partial charge < -0.3 is 0 Å². The molecule has 2 heteroatoms. The highest BCUT2D eigenvalue weighted by Gasteiger charge is 2.18. The highest BCUT2D eigenvalue weighted by atomic mass is 16.1. The van der Waals surface area contributed by atoms with E-state index in [2.05, 4.69) is 19.1 Å². The minimum atomic E-state index is 0.131. The van der Waals surface area contributed by atoms with Crippen LogP contribution in [0, 0.1) is 5.92 Å². The Morgan fingerprint density at radius 3 is 2.38 bits per heavy atom. The molecule has 0 heterocycles. The zero-order valence-corrected chi connectivity index (χ0v) is 13.7. The Hall–Kier alpha value is -0.920. The van der Waals surface area contributed by atoms with Crippen molar-refractivity contribution in [2.45, 2.75) is 90.4 Å². The van der Waals surface area contributed by atoms with Gasteiger partial charge in [0.2, 0.25) is 0 Å². The summed E-state index contributed by atoms with van der Waals surface area (Å²) in [4.78, 5) is 24.2. The standard InChI is InChI=1S/C19H32O2/c1-2-12-17-15-16-18(20)13-10-8-6-4-3-5-7-9-11-14-19(17)21/h4,6,17H,2-3,5,7-16H2,1H3. The molecule has 21 heavy (non-hydrogen) atoms. The molecule has 0 spiro atoms. The molecule has 0 fully saturated rings. The van der Waals surface area contributed by atoms with E-state index in [0.717, 1.165) is 51.4 Å². The van der Waals surface area contributed by atoms with Crippen LogP contribution in [0.5, 0.6) is 0 Å². The topological polar surface area (TPSA) is 34.1 Å². The van der Waals surface area contributed by atoms with Crippen molar-refractivity contribution in [2.24, 2.45) is 5.92 Å². The van der Waals surface area contributed by atoms with Gasteiger partial charge in [-0.2, -0.15) is 0 Å². The largest absolute Gasteiger partial charge is 0.300 e. The molecule has 1 aliphatic rings. The number of allylic oxidation sites excluding steroid dienone is 2. The first kappa shape index (κ1) is 18.1. The van der Waals surface area contributed by atoms with E-state index in [4.69, 9.17) is 0 Å². The fourth-order valence-electron chi connectivity index (χ4n) is 3.05. The van der Waals surface area contributed by atoms with Crippen LogP contribution in [-0.2, 0) is 9.59 Å². The third kappa shape index (κ3) is 8.85. The summed E-state index contributed by atoms with van der Waals surface area (Å²) in [6.45, 7) is 2.13. The number of hydrogen-bond donors (Lipinski definition) is 0. The van der Waals surface area contributed by atoms with Gasteiger partial charge in [0.1, 0.15) is 11.6 Å². The minimum Gasteiger partial charge on any atom is -0.300 e. The summed E-state index contributed by atoms with van der Waals surface area (Å²) in [5, 5.41) is 0. The zero-order chi connectivity index (χ0) is 15.3. The summed E-state index contributed by atoms with van der Waals surface area (Å²) in [5.41, 5.74) is 0. The van der Waals surface area contributed by atoms with Crippen molar-refractivity contribution >= 4 is 11.6 Å². The molecular weight excluding hydrogens is 260 g/mol. The van der Waals surface area contributed by atoms with Gasteiger partial charge in [-0.05, 0) is 44.9 Å². The molecular formula is C19H32O2. The lowest BCUT2D eigenvalue weighted by Crippen LogP contribution is -2.16. The van der Waals surface area contributed by atoms with Crippen LogP contribution in [0.1, 0.15) is 90.4 Å². The van der Waals surface area contributed by atoms with Gasteiger partial charge in [-0.3, -0.25) is 9.59 Å². The summed E-state index contributed by atoms with van der Waals surface area (Å²) in [6.07, 6.45) is 17.0. The van der Waals surface area contributed by atoms with Crippen LogP contribution in [0.15, 0.2) is 12.2 Å². The van der Waals surface area contributed by atoms with E-state index in [0.29, 0.717) is 30.8 Å². The summed E-state index contributed by atoms with van der Waals surface area (Å²) in [5.74, 6) is 0.868. The number of rotatable bonds is 2. The van der Waals surface area contributed by atoms with Crippen LogP contribution in [0.4, 0.5) is 0 Å². The Morgan fingerprint density at radius 1 is 0.905 bits per heavy atom. The fraction of sp³-hybridized carbons (Fsp3) is 0.789. The Bertz CT molecular complexity index is 330. The molecule has 1 aliphatic carbocycles. The van der Waals surface area contributed by atoms with Gasteiger partial charge >= 0.3 is 0 Å². The number of ketones is 2. The molecule has 0 aliphatic heterocycles. The van der Waals surface area contributed by atoms with Gasteiger partial charge in [-0.1, -0.05) is 38.3 Å². The molecule has 0 aromatic heterocycles. The van der Waals surface area contributed by atoms with Crippen molar-refractivity contribution in [3.05, 3.63) is 12.2 Å². The van der Waals surface area contributed by atoms with E-state index >= 15 is 0 Å². The molecule has 1 rings (SSSR count). The summed E-state index contributed by atoms with van der Waals surface area (Å²) in [7, 11) is 0. The average molecular weight is 292 g/mol. The number of Topliss-reactive ketones (excluding diaryl/α,β-unsaturated/α-hetero) is 2.